The van der Waals surface area contributed by atoms with Crippen LogP contribution in [0.15, 0.2) is 24.3 Å². The Bertz CT molecular complexity index is 682. The quantitative estimate of drug-likeness (QED) is 0.923. The van der Waals surface area contributed by atoms with Crippen LogP contribution in [0.25, 0.3) is 0 Å². The van der Waals surface area contributed by atoms with Crippen molar-refractivity contribution in [1.82, 2.24) is 4.90 Å². The number of likely N-dealkylation sites (tertiary alicyclic amines) is 1. The molecule has 0 spiro atoms. The zero-order valence-electron chi connectivity index (χ0n) is 14.1. The Morgan fingerprint density at radius 2 is 1.88 bits per heavy atom. The van der Waals surface area contributed by atoms with Crippen molar-refractivity contribution in [1.29, 1.82) is 0 Å². The van der Waals surface area contributed by atoms with Crippen molar-refractivity contribution in [2.24, 2.45) is 23.7 Å². The van der Waals surface area contributed by atoms with E-state index >= 15 is 0 Å². The number of rotatable bonds is 3. The molecular weight excluding hydrogens is 306 g/mol. The highest BCUT2D eigenvalue weighted by molar-refractivity contribution is 6.01. The maximum atomic E-state index is 12.9. The molecule has 1 aromatic rings. The minimum absolute atomic E-state index is 0.00425. The Morgan fingerprint density at radius 1 is 1.17 bits per heavy atom. The number of amides is 1. The molecule has 1 fully saturated rings. The van der Waals surface area contributed by atoms with Gasteiger partial charge in [-0.05, 0) is 23.8 Å². The first kappa shape index (κ1) is 16.7. The zero-order valence-corrected chi connectivity index (χ0v) is 14.1. The van der Waals surface area contributed by atoms with Crippen molar-refractivity contribution in [3.63, 3.8) is 0 Å². The molecule has 1 aliphatic carbocycles. The van der Waals surface area contributed by atoms with Crippen LogP contribution in [0, 0.1) is 23.7 Å². The molecule has 0 saturated carbocycles. The van der Waals surface area contributed by atoms with Crippen molar-refractivity contribution in [3.8, 4) is 0 Å². The van der Waals surface area contributed by atoms with Gasteiger partial charge in [0.2, 0.25) is 5.91 Å². The van der Waals surface area contributed by atoms with E-state index < -0.39 is 11.9 Å². The summed E-state index contributed by atoms with van der Waals surface area (Å²) in [6.45, 7) is 4.72. The molecule has 1 heterocycles. The predicted octanol–water partition coefficient (Wildman–Crippen LogP) is 2.25. The fourth-order valence-electron chi connectivity index (χ4n) is 4.02. The van der Waals surface area contributed by atoms with Crippen LogP contribution >= 0.6 is 0 Å². The normalized spacial score (nSPS) is 26.5. The van der Waals surface area contributed by atoms with E-state index in [1.807, 2.05) is 38.1 Å². The Hall–Kier alpha value is -2.17. The van der Waals surface area contributed by atoms with Gasteiger partial charge in [0, 0.05) is 31.0 Å². The second-order valence-corrected chi connectivity index (χ2v) is 7.28. The maximum Gasteiger partial charge on any atom is 0.308 e. The van der Waals surface area contributed by atoms with Crippen LogP contribution in [0.2, 0.25) is 0 Å². The third-order valence-corrected chi connectivity index (χ3v) is 5.42. The van der Waals surface area contributed by atoms with Gasteiger partial charge in [0.1, 0.15) is 0 Å². The second kappa shape index (κ2) is 6.38. The molecule has 1 aromatic carbocycles. The topological polar surface area (TPSA) is 74.7 Å². The lowest BCUT2D eigenvalue weighted by Gasteiger charge is -2.27. The van der Waals surface area contributed by atoms with Crippen molar-refractivity contribution in [3.05, 3.63) is 35.4 Å². The van der Waals surface area contributed by atoms with E-state index in [0.29, 0.717) is 18.5 Å². The van der Waals surface area contributed by atoms with E-state index in [9.17, 15) is 19.5 Å². The number of carbonyl (C=O) groups excluding carboxylic acids is 2. The van der Waals surface area contributed by atoms with Gasteiger partial charge in [-0.3, -0.25) is 14.4 Å². The number of fused-ring (bicyclic) bond motifs is 1. The second-order valence-electron chi connectivity index (χ2n) is 7.28. The van der Waals surface area contributed by atoms with Gasteiger partial charge < -0.3 is 10.0 Å². The molecule has 5 nitrogen and oxygen atoms in total. The van der Waals surface area contributed by atoms with Crippen LogP contribution in [0.5, 0.6) is 0 Å². The Kier molecular flexibility index (Phi) is 4.43. The number of aliphatic carboxylic acids is 1. The zero-order chi connectivity index (χ0) is 17.4. The van der Waals surface area contributed by atoms with Crippen LogP contribution in [0.4, 0.5) is 0 Å². The fraction of sp³-hybridized carbons (Fsp3) is 0.526. The van der Waals surface area contributed by atoms with Gasteiger partial charge >= 0.3 is 5.97 Å². The highest BCUT2D eigenvalue weighted by atomic mass is 16.4. The minimum atomic E-state index is -0.839. The average Bonchev–Trinajstić information content (AvgIpc) is 3.00. The van der Waals surface area contributed by atoms with Crippen LogP contribution in [-0.2, 0) is 16.0 Å². The average molecular weight is 329 g/mol. The fourth-order valence-corrected chi connectivity index (χ4v) is 4.02. The number of Topliss-reactive ketones (excluding diaryl/α,β-unsaturated/α-hetero) is 1. The summed E-state index contributed by atoms with van der Waals surface area (Å²) in [5.74, 6) is -1.62. The van der Waals surface area contributed by atoms with E-state index in [1.54, 1.807) is 4.90 Å². The summed E-state index contributed by atoms with van der Waals surface area (Å²) in [4.78, 5) is 38.3. The molecule has 3 atom stereocenters. The molecule has 1 aliphatic heterocycles. The molecule has 24 heavy (non-hydrogen) atoms. The molecule has 0 radical (unpaired) electrons. The molecule has 3 rings (SSSR count). The highest BCUT2D eigenvalue weighted by Crippen LogP contribution is 2.33. The number of carboxylic acid groups (broad SMARTS) is 1. The van der Waals surface area contributed by atoms with Crippen molar-refractivity contribution in [2.45, 2.75) is 26.7 Å². The molecule has 5 heteroatoms. The minimum Gasteiger partial charge on any atom is -0.481 e. The van der Waals surface area contributed by atoms with Gasteiger partial charge in [-0.15, -0.1) is 0 Å². The number of carbonyl (C=O) groups is 3. The van der Waals surface area contributed by atoms with E-state index in [4.69, 9.17) is 0 Å². The molecule has 2 aliphatic rings. The van der Waals surface area contributed by atoms with Crippen molar-refractivity contribution >= 4 is 17.7 Å². The van der Waals surface area contributed by atoms with Gasteiger partial charge in [0.05, 0.1) is 5.92 Å². The summed E-state index contributed by atoms with van der Waals surface area (Å²) in [6, 6.07) is 7.42. The Morgan fingerprint density at radius 3 is 2.50 bits per heavy atom. The monoisotopic (exact) mass is 329 g/mol. The number of nitrogens with zero attached hydrogens (tertiary/aromatic N) is 1. The molecule has 0 bridgehead atoms. The molecule has 1 N–H and O–H groups in total. The van der Waals surface area contributed by atoms with Crippen LogP contribution in [-0.4, -0.2) is 40.8 Å². The molecule has 1 saturated heterocycles. The van der Waals surface area contributed by atoms with E-state index in [1.165, 1.54) is 0 Å². The van der Waals surface area contributed by atoms with Crippen molar-refractivity contribution in [2.75, 3.05) is 13.1 Å². The summed E-state index contributed by atoms with van der Waals surface area (Å²) >= 11 is 0. The van der Waals surface area contributed by atoms with E-state index in [2.05, 4.69) is 0 Å². The molecule has 1 unspecified atom stereocenters. The summed E-state index contributed by atoms with van der Waals surface area (Å²) in [7, 11) is 0. The van der Waals surface area contributed by atoms with Crippen LogP contribution in [0.3, 0.4) is 0 Å². The molecule has 0 aromatic heterocycles. The Balaban J connectivity index is 1.76. The maximum absolute atomic E-state index is 12.9. The first-order chi connectivity index (χ1) is 11.4. The van der Waals surface area contributed by atoms with Gasteiger partial charge in [-0.2, -0.15) is 0 Å². The van der Waals surface area contributed by atoms with Crippen LogP contribution < -0.4 is 0 Å². The van der Waals surface area contributed by atoms with E-state index in [0.717, 1.165) is 5.56 Å². The number of carboxylic acids is 1. The standard InChI is InChI=1S/C19H23NO4/c1-11(2)15-9-20(10-16(15)19(23)24)18(22)13-7-12-5-3-4-6-14(12)17(21)8-13/h3-6,11,13,15-16H,7-10H2,1-2H3,(H,23,24)/t13?,15-,16+/m0/s1. The molecular formula is C19H23NO4. The van der Waals surface area contributed by atoms with Crippen LogP contribution in [0.1, 0.15) is 36.2 Å². The molecule has 1 amide bonds. The highest BCUT2D eigenvalue weighted by Gasteiger charge is 2.43. The lowest BCUT2D eigenvalue weighted by atomic mass is 9.82. The van der Waals surface area contributed by atoms with Gasteiger partial charge in [-0.25, -0.2) is 0 Å². The smallest absolute Gasteiger partial charge is 0.308 e. The summed E-state index contributed by atoms with van der Waals surface area (Å²) in [6.07, 6.45) is 0.776. The number of hydrogen-bond donors (Lipinski definition) is 1. The van der Waals surface area contributed by atoms with Gasteiger partial charge in [0.15, 0.2) is 5.78 Å². The first-order valence-corrected chi connectivity index (χ1v) is 8.51. The number of hydrogen-bond acceptors (Lipinski definition) is 3. The largest absolute Gasteiger partial charge is 0.481 e. The number of benzene rings is 1. The van der Waals surface area contributed by atoms with Gasteiger partial charge in [0.25, 0.3) is 0 Å². The SMILES string of the molecule is CC(C)[C@@H]1CN(C(=O)C2CC(=O)c3ccccc3C2)C[C@H]1C(=O)O. The first-order valence-electron chi connectivity index (χ1n) is 8.51. The summed E-state index contributed by atoms with van der Waals surface area (Å²) in [5, 5.41) is 9.42. The third-order valence-electron chi connectivity index (χ3n) is 5.42. The molecule has 128 valence electrons. The lowest BCUT2D eigenvalue weighted by molar-refractivity contribution is -0.143. The summed E-state index contributed by atoms with van der Waals surface area (Å²) < 4.78 is 0. The lowest BCUT2D eigenvalue weighted by Crippen LogP contribution is -2.38. The third kappa shape index (κ3) is 2.95. The van der Waals surface area contributed by atoms with Gasteiger partial charge in [-0.1, -0.05) is 38.1 Å². The predicted molar refractivity (Wildman–Crippen MR) is 88.6 cm³/mol. The number of ketones is 1. The summed E-state index contributed by atoms with van der Waals surface area (Å²) in [5.41, 5.74) is 1.63. The van der Waals surface area contributed by atoms with Crippen molar-refractivity contribution < 1.29 is 19.5 Å². The Labute approximate surface area is 141 Å². The van der Waals surface area contributed by atoms with E-state index in [-0.39, 0.29) is 42.4 Å².